The summed E-state index contributed by atoms with van der Waals surface area (Å²) >= 11 is 0. The van der Waals surface area contributed by atoms with Crippen LogP contribution < -0.4 is 16.0 Å². The highest BCUT2D eigenvalue weighted by Crippen LogP contribution is 2.30. The molecule has 1 atom stereocenters. The quantitative estimate of drug-likeness (QED) is 0.611. The van der Waals surface area contributed by atoms with Gasteiger partial charge in [-0.15, -0.1) is 0 Å². The van der Waals surface area contributed by atoms with Gasteiger partial charge in [0.1, 0.15) is 11.3 Å². The monoisotopic (exact) mass is 421 g/mol. The Morgan fingerprint density at radius 3 is 2.74 bits per heavy atom. The molecule has 3 aromatic rings. The molecule has 2 N–H and O–H groups in total. The fourth-order valence-electron chi connectivity index (χ4n) is 3.72. The number of nitrogens with zero attached hydrogens (tertiary/aromatic N) is 4. The number of piperidine rings is 1. The lowest BCUT2D eigenvalue weighted by molar-refractivity contribution is 0.156. The van der Waals surface area contributed by atoms with Crippen LogP contribution in [-0.4, -0.2) is 44.5 Å². The molecule has 9 nitrogen and oxygen atoms in total. The van der Waals surface area contributed by atoms with Crippen LogP contribution in [-0.2, 0) is 0 Å². The number of aromatic nitrogens is 3. The second-order valence-corrected chi connectivity index (χ2v) is 7.24. The largest absolute Gasteiger partial charge is 0.497 e. The molecular formula is C22H23N5O4. The smallest absolute Gasteiger partial charge is 0.335 e. The first-order valence-electron chi connectivity index (χ1n) is 10.0. The number of hydrazone groups is 1. The summed E-state index contributed by atoms with van der Waals surface area (Å²) in [5, 5.41) is 17.1. The van der Waals surface area contributed by atoms with Gasteiger partial charge in [-0.1, -0.05) is 6.07 Å². The Morgan fingerprint density at radius 1 is 1.23 bits per heavy atom. The average Bonchev–Trinajstić information content (AvgIpc) is 2.80. The van der Waals surface area contributed by atoms with E-state index < -0.39 is 17.1 Å². The second-order valence-electron chi connectivity index (χ2n) is 7.24. The average molecular weight is 421 g/mol. The third-order valence-corrected chi connectivity index (χ3v) is 5.33. The molecule has 1 aromatic carbocycles. The molecule has 4 rings (SSSR count). The zero-order valence-electron chi connectivity index (χ0n) is 17.1. The van der Waals surface area contributed by atoms with E-state index >= 15 is 0 Å². The number of ether oxygens (including phenoxy) is 1. The minimum Gasteiger partial charge on any atom is -0.497 e. The van der Waals surface area contributed by atoms with Crippen molar-refractivity contribution in [3.05, 3.63) is 80.8 Å². The molecule has 0 saturated carbocycles. The van der Waals surface area contributed by atoms with E-state index in [1.54, 1.807) is 30.5 Å². The van der Waals surface area contributed by atoms with Crippen LogP contribution >= 0.6 is 0 Å². The molecule has 1 aliphatic rings. The van der Waals surface area contributed by atoms with E-state index in [0.29, 0.717) is 18.0 Å². The first-order valence-corrected chi connectivity index (χ1v) is 10.0. The summed E-state index contributed by atoms with van der Waals surface area (Å²) in [5.41, 5.74) is -0.103. The van der Waals surface area contributed by atoms with Crippen molar-refractivity contribution in [3.8, 4) is 17.3 Å². The van der Waals surface area contributed by atoms with E-state index in [2.05, 4.69) is 15.1 Å². The van der Waals surface area contributed by atoms with Gasteiger partial charge in [0.25, 0.3) is 5.56 Å². The fourth-order valence-corrected chi connectivity index (χ4v) is 3.72. The minimum atomic E-state index is -0.740. The molecule has 0 spiro atoms. The van der Waals surface area contributed by atoms with E-state index in [0.717, 1.165) is 29.4 Å². The van der Waals surface area contributed by atoms with Gasteiger partial charge in [-0.25, -0.2) is 9.36 Å². The Labute approximate surface area is 178 Å². The zero-order chi connectivity index (χ0) is 21.8. The highest BCUT2D eigenvalue weighted by molar-refractivity contribution is 5.82. The van der Waals surface area contributed by atoms with E-state index in [-0.39, 0.29) is 11.6 Å². The molecule has 0 aliphatic carbocycles. The van der Waals surface area contributed by atoms with E-state index in [1.165, 1.54) is 13.3 Å². The topological polar surface area (TPSA) is 113 Å². The number of methoxy groups -OCH3 is 1. The Bertz CT molecular complexity index is 1190. The molecule has 160 valence electrons. The molecule has 1 saturated heterocycles. The Kier molecular flexibility index (Phi) is 5.83. The van der Waals surface area contributed by atoms with Crippen molar-refractivity contribution in [2.24, 2.45) is 5.10 Å². The molecule has 0 unspecified atom stereocenters. The van der Waals surface area contributed by atoms with Crippen molar-refractivity contribution in [1.29, 1.82) is 0 Å². The van der Waals surface area contributed by atoms with Crippen LogP contribution in [0, 0.1) is 0 Å². The van der Waals surface area contributed by atoms with Crippen molar-refractivity contribution in [3.63, 3.8) is 0 Å². The minimum absolute atomic E-state index is 0.0346. The van der Waals surface area contributed by atoms with Gasteiger partial charge in [0, 0.05) is 18.9 Å². The number of rotatable bonds is 5. The molecule has 1 fully saturated rings. The number of aromatic amines is 1. The molecular weight excluding hydrogens is 398 g/mol. The summed E-state index contributed by atoms with van der Waals surface area (Å²) in [6, 6.07) is 10.5. The summed E-state index contributed by atoms with van der Waals surface area (Å²) in [6.45, 7) is 0.715. The molecule has 0 radical (unpaired) electrons. The summed E-state index contributed by atoms with van der Waals surface area (Å²) in [6.07, 6.45) is 7.80. The van der Waals surface area contributed by atoms with Crippen molar-refractivity contribution in [2.45, 2.75) is 25.3 Å². The van der Waals surface area contributed by atoms with Gasteiger partial charge >= 0.3 is 5.69 Å². The standard InChI is InChI=1S/C22H23N5O4/c1-31-17-9-7-16(8-10-17)27-21(29)18(20(28)25-22(27)30)14-24-26-12-3-2-6-19(26)15-5-4-11-23-13-15/h4-5,7-11,13-14,19,29H,2-3,6,12H2,1H3,(H,25,28,30)/b24-14+/t19-/m0/s1. The highest BCUT2D eigenvalue weighted by Gasteiger charge is 2.23. The van der Waals surface area contributed by atoms with Crippen molar-refractivity contribution >= 4 is 6.21 Å². The molecule has 1 aliphatic heterocycles. The molecule has 3 heterocycles. The Morgan fingerprint density at radius 2 is 2.03 bits per heavy atom. The lowest BCUT2D eigenvalue weighted by atomic mass is 9.98. The molecule has 31 heavy (non-hydrogen) atoms. The molecule has 0 amide bonds. The van der Waals surface area contributed by atoms with Crippen molar-refractivity contribution in [1.82, 2.24) is 19.5 Å². The lowest BCUT2D eigenvalue weighted by Crippen LogP contribution is -2.32. The number of hydrogen-bond acceptors (Lipinski definition) is 7. The molecule has 2 aromatic heterocycles. The first-order chi connectivity index (χ1) is 15.1. The Balaban J connectivity index is 1.70. The van der Waals surface area contributed by atoms with Crippen LogP contribution in [0.5, 0.6) is 11.6 Å². The maximum atomic E-state index is 12.4. The van der Waals surface area contributed by atoms with E-state index in [9.17, 15) is 14.7 Å². The Hall–Kier alpha value is -3.88. The zero-order valence-corrected chi connectivity index (χ0v) is 17.1. The van der Waals surface area contributed by atoms with Crippen LogP contribution in [0.2, 0.25) is 0 Å². The summed E-state index contributed by atoms with van der Waals surface area (Å²) < 4.78 is 6.15. The number of hydrogen-bond donors (Lipinski definition) is 2. The summed E-state index contributed by atoms with van der Waals surface area (Å²) in [7, 11) is 1.53. The van der Waals surface area contributed by atoms with Crippen LogP contribution in [0.15, 0.2) is 63.5 Å². The van der Waals surface area contributed by atoms with Crippen LogP contribution in [0.3, 0.4) is 0 Å². The van der Waals surface area contributed by atoms with Gasteiger partial charge in [-0.05, 0) is 55.2 Å². The van der Waals surface area contributed by atoms with Gasteiger partial charge < -0.3 is 9.84 Å². The van der Waals surface area contributed by atoms with Crippen LogP contribution in [0.1, 0.15) is 36.4 Å². The van der Waals surface area contributed by atoms with Gasteiger partial charge in [0.05, 0.1) is 25.1 Å². The van der Waals surface area contributed by atoms with Gasteiger partial charge in [0.15, 0.2) is 0 Å². The van der Waals surface area contributed by atoms with Crippen molar-refractivity contribution in [2.75, 3.05) is 13.7 Å². The maximum absolute atomic E-state index is 12.4. The molecule has 0 bridgehead atoms. The number of H-pyrrole nitrogens is 1. The van der Waals surface area contributed by atoms with Crippen LogP contribution in [0.4, 0.5) is 0 Å². The third-order valence-electron chi connectivity index (χ3n) is 5.33. The predicted octanol–water partition coefficient (Wildman–Crippen LogP) is 2.20. The lowest BCUT2D eigenvalue weighted by Gasteiger charge is -2.33. The SMILES string of the molecule is COc1ccc(-n2c(O)c(/C=N/N3CCCC[C@H]3c3cccnc3)c(=O)[nH]c2=O)cc1. The van der Waals surface area contributed by atoms with Gasteiger partial charge in [-0.2, -0.15) is 5.10 Å². The summed E-state index contributed by atoms with van der Waals surface area (Å²) in [4.78, 5) is 31.2. The normalized spacial score (nSPS) is 16.5. The van der Waals surface area contributed by atoms with E-state index in [1.807, 2.05) is 23.3 Å². The fraction of sp³-hybridized carbons (Fsp3) is 0.273. The van der Waals surface area contributed by atoms with Crippen LogP contribution in [0.25, 0.3) is 5.69 Å². The first kappa shape index (κ1) is 20.4. The summed E-state index contributed by atoms with van der Waals surface area (Å²) in [5.74, 6) is 0.131. The number of aromatic hydroxyl groups is 1. The second kappa shape index (κ2) is 8.86. The predicted molar refractivity (Wildman–Crippen MR) is 116 cm³/mol. The number of nitrogens with one attached hydrogen (secondary N) is 1. The third kappa shape index (κ3) is 4.20. The highest BCUT2D eigenvalue weighted by atomic mass is 16.5. The van der Waals surface area contributed by atoms with E-state index in [4.69, 9.17) is 4.74 Å². The van der Waals surface area contributed by atoms with Gasteiger partial charge in [-0.3, -0.25) is 19.8 Å². The van der Waals surface area contributed by atoms with Crippen molar-refractivity contribution < 1.29 is 9.84 Å². The number of pyridine rings is 1. The van der Waals surface area contributed by atoms with Gasteiger partial charge in [0.2, 0.25) is 5.88 Å². The molecule has 9 heteroatoms. The number of benzene rings is 1. The maximum Gasteiger partial charge on any atom is 0.335 e.